The molecule has 34 heavy (non-hydrogen) atoms. The summed E-state index contributed by atoms with van der Waals surface area (Å²) in [5, 5.41) is 9.65. The number of rotatable bonds is 6. The molecule has 3 aromatic carbocycles. The number of ether oxygens (including phenoxy) is 1. The van der Waals surface area contributed by atoms with Gasteiger partial charge in [0.1, 0.15) is 12.6 Å². The zero-order valence-electron chi connectivity index (χ0n) is 18.3. The number of carboxylic acid groups (broad SMARTS) is 1. The van der Waals surface area contributed by atoms with Crippen molar-refractivity contribution in [2.45, 2.75) is 24.6 Å². The number of amides is 1. The molecular formula is C26H22F3NO4. The van der Waals surface area contributed by atoms with Crippen molar-refractivity contribution in [2.24, 2.45) is 0 Å². The highest BCUT2D eigenvalue weighted by Crippen LogP contribution is 2.44. The largest absolute Gasteiger partial charge is 0.480 e. The van der Waals surface area contributed by atoms with Crippen LogP contribution in [0.2, 0.25) is 0 Å². The fourth-order valence-corrected chi connectivity index (χ4v) is 4.27. The van der Waals surface area contributed by atoms with Gasteiger partial charge in [-0.2, -0.15) is 13.2 Å². The average Bonchev–Trinajstić information content (AvgIpc) is 3.14. The molecule has 1 aliphatic rings. The van der Waals surface area contributed by atoms with E-state index in [0.717, 1.165) is 39.3 Å². The molecule has 0 bridgehead atoms. The minimum atomic E-state index is -4.48. The van der Waals surface area contributed by atoms with Crippen LogP contribution in [0.5, 0.6) is 0 Å². The highest BCUT2D eigenvalue weighted by atomic mass is 19.4. The molecule has 1 amide bonds. The van der Waals surface area contributed by atoms with Crippen LogP contribution in [0.3, 0.4) is 0 Å². The van der Waals surface area contributed by atoms with Crippen LogP contribution in [0.4, 0.5) is 18.0 Å². The molecule has 5 nitrogen and oxygen atoms in total. The van der Waals surface area contributed by atoms with Crippen LogP contribution in [0.1, 0.15) is 28.2 Å². The van der Waals surface area contributed by atoms with Crippen LogP contribution < -0.4 is 0 Å². The topological polar surface area (TPSA) is 66.8 Å². The Morgan fingerprint density at radius 1 is 0.941 bits per heavy atom. The zero-order valence-corrected chi connectivity index (χ0v) is 18.3. The Morgan fingerprint density at radius 2 is 1.47 bits per heavy atom. The summed E-state index contributed by atoms with van der Waals surface area (Å²) in [6, 6.07) is 18.6. The molecule has 0 heterocycles. The molecule has 1 atom stereocenters. The van der Waals surface area contributed by atoms with Gasteiger partial charge in [-0.25, -0.2) is 9.59 Å². The van der Waals surface area contributed by atoms with Gasteiger partial charge in [-0.1, -0.05) is 60.7 Å². The molecule has 8 heteroatoms. The van der Waals surface area contributed by atoms with Gasteiger partial charge in [0.15, 0.2) is 0 Å². The lowest BCUT2D eigenvalue weighted by atomic mass is 9.98. The number of nitrogens with zero attached hydrogens (tertiary/aromatic N) is 1. The van der Waals surface area contributed by atoms with Gasteiger partial charge in [-0.3, -0.25) is 4.90 Å². The quantitative estimate of drug-likeness (QED) is 0.512. The maximum absolute atomic E-state index is 12.8. The van der Waals surface area contributed by atoms with E-state index in [1.165, 1.54) is 19.2 Å². The number of likely N-dealkylation sites (N-methyl/N-ethyl adjacent to an activating group) is 1. The lowest BCUT2D eigenvalue weighted by molar-refractivity contribution is -0.142. The normalized spacial score (nSPS) is 13.6. The summed E-state index contributed by atoms with van der Waals surface area (Å²) in [7, 11) is 1.31. The van der Waals surface area contributed by atoms with E-state index >= 15 is 0 Å². The first-order valence-electron chi connectivity index (χ1n) is 10.6. The summed E-state index contributed by atoms with van der Waals surface area (Å²) in [5.74, 6) is -1.46. The van der Waals surface area contributed by atoms with Crippen molar-refractivity contribution in [3.8, 4) is 11.1 Å². The average molecular weight is 469 g/mol. The molecule has 0 fully saturated rings. The lowest BCUT2D eigenvalue weighted by Crippen LogP contribution is -2.44. The first kappa shape index (κ1) is 23.4. The fourth-order valence-electron chi connectivity index (χ4n) is 4.27. The second-order valence-electron chi connectivity index (χ2n) is 8.17. The second-order valence-corrected chi connectivity index (χ2v) is 8.17. The number of carbonyl (C=O) groups is 2. The minimum Gasteiger partial charge on any atom is -0.480 e. The summed E-state index contributed by atoms with van der Waals surface area (Å²) < 4.78 is 43.8. The highest BCUT2D eigenvalue weighted by Gasteiger charge is 2.33. The zero-order chi connectivity index (χ0) is 24.5. The third-order valence-corrected chi connectivity index (χ3v) is 6.09. The Kier molecular flexibility index (Phi) is 6.32. The van der Waals surface area contributed by atoms with Crippen molar-refractivity contribution in [3.05, 3.63) is 95.1 Å². The number of benzene rings is 3. The van der Waals surface area contributed by atoms with E-state index in [9.17, 15) is 27.9 Å². The number of halogens is 3. The fraction of sp³-hybridized carbons (Fsp3) is 0.231. The standard InChI is InChI=1S/C26H22F3NO4/c1-30(23(24(31)32)14-16-10-12-17(13-11-16)26(27,28)29)25(33)34-15-22-20-8-4-2-6-18(20)19-7-3-5-9-21(19)22/h2-13,22-23H,14-15H2,1H3,(H,31,32). The number of alkyl halides is 3. The smallest absolute Gasteiger partial charge is 0.416 e. The Labute approximate surface area is 194 Å². The van der Waals surface area contributed by atoms with Gasteiger partial charge in [0.05, 0.1) is 5.56 Å². The molecular weight excluding hydrogens is 447 g/mol. The van der Waals surface area contributed by atoms with E-state index < -0.39 is 29.8 Å². The third kappa shape index (κ3) is 4.62. The lowest BCUT2D eigenvalue weighted by Gasteiger charge is -2.25. The Morgan fingerprint density at radius 3 is 1.97 bits per heavy atom. The molecule has 1 unspecified atom stereocenters. The van der Waals surface area contributed by atoms with Crippen molar-refractivity contribution in [1.82, 2.24) is 4.90 Å². The Balaban J connectivity index is 1.45. The molecule has 0 aromatic heterocycles. The van der Waals surface area contributed by atoms with Gasteiger partial charge < -0.3 is 9.84 Å². The van der Waals surface area contributed by atoms with Crippen LogP contribution >= 0.6 is 0 Å². The third-order valence-electron chi connectivity index (χ3n) is 6.09. The van der Waals surface area contributed by atoms with Crippen molar-refractivity contribution in [3.63, 3.8) is 0 Å². The number of carbonyl (C=O) groups excluding carboxylic acids is 1. The molecule has 4 rings (SSSR count). The van der Waals surface area contributed by atoms with Gasteiger partial charge in [0, 0.05) is 19.4 Å². The number of carboxylic acids is 1. The molecule has 176 valence electrons. The maximum Gasteiger partial charge on any atom is 0.416 e. The van der Waals surface area contributed by atoms with Gasteiger partial charge in [-0.05, 0) is 39.9 Å². The van der Waals surface area contributed by atoms with E-state index in [1.54, 1.807) is 0 Å². The van der Waals surface area contributed by atoms with E-state index in [0.29, 0.717) is 5.56 Å². The van der Waals surface area contributed by atoms with Crippen molar-refractivity contribution in [2.75, 3.05) is 13.7 Å². The van der Waals surface area contributed by atoms with Crippen molar-refractivity contribution in [1.29, 1.82) is 0 Å². The minimum absolute atomic E-state index is 0.0316. The van der Waals surface area contributed by atoms with Crippen LogP contribution in [-0.4, -0.2) is 41.8 Å². The first-order chi connectivity index (χ1) is 16.2. The first-order valence-corrected chi connectivity index (χ1v) is 10.6. The summed E-state index contributed by atoms with van der Waals surface area (Å²) in [6.07, 6.45) is -5.46. The number of fused-ring (bicyclic) bond motifs is 3. The molecule has 0 spiro atoms. The molecule has 0 aliphatic heterocycles. The maximum atomic E-state index is 12.8. The van der Waals surface area contributed by atoms with Gasteiger partial charge in [0.25, 0.3) is 0 Å². The predicted octanol–water partition coefficient (Wildman–Crippen LogP) is 5.58. The SMILES string of the molecule is CN(C(=O)OCC1c2ccccc2-c2ccccc21)C(Cc1ccc(C(F)(F)F)cc1)C(=O)O. The molecule has 0 saturated heterocycles. The van der Waals surface area contributed by atoms with Crippen molar-refractivity contribution >= 4 is 12.1 Å². The van der Waals surface area contributed by atoms with E-state index in [2.05, 4.69) is 0 Å². The molecule has 1 aliphatic carbocycles. The Bertz CT molecular complexity index is 1160. The van der Waals surface area contributed by atoms with Gasteiger partial charge in [-0.15, -0.1) is 0 Å². The second kappa shape index (κ2) is 9.21. The van der Waals surface area contributed by atoms with Crippen LogP contribution in [-0.2, 0) is 22.1 Å². The molecule has 0 saturated carbocycles. The summed E-state index contributed by atoms with van der Waals surface area (Å²) in [4.78, 5) is 25.5. The molecule has 1 N–H and O–H groups in total. The van der Waals surface area contributed by atoms with E-state index in [1.807, 2.05) is 48.5 Å². The monoisotopic (exact) mass is 469 g/mol. The van der Waals surface area contributed by atoms with Crippen LogP contribution in [0.15, 0.2) is 72.8 Å². The number of hydrogen-bond acceptors (Lipinski definition) is 3. The van der Waals surface area contributed by atoms with Crippen LogP contribution in [0.25, 0.3) is 11.1 Å². The predicted molar refractivity (Wildman–Crippen MR) is 119 cm³/mol. The summed E-state index contributed by atoms with van der Waals surface area (Å²) in [5.41, 5.74) is 3.72. The van der Waals surface area contributed by atoms with E-state index in [-0.39, 0.29) is 18.9 Å². The molecule has 0 radical (unpaired) electrons. The number of hydrogen-bond donors (Lipinski definition) is 1. The molecule has 3 aromatic rings. The van der Waals surface area contributed by atoms with Crippen molar-refractivity contribution < 1.29 is 32.6 Å². The van der Waals surface area contributed by atoms with Crippen LogP contribution in [0, 0.1) is 0 Å². The van der Waals surface area contributed by atoms with Gasteiger partial charge in [0.2, 0.25) is 0 Å². The van der Waals surface area contributed by atoms with E-state index in [4.69, 9.17) is 4.74 Å². The van der Waals surface area contributed by atoms with Gasteiger partial charge >= 0.3 is 18.2 Å². The summed E-state index contributed by atoms with van der Waals surface area (Å²) >= 11 is 0. The summed E-state index contributed by atoms with van der Waals surface area (Å²) in [6.45, 7) is 0.0316. The Hall–Kier alpha value is -3.81. The highest BCUT2D eigenvalue weighted by molar-refractivity contribution is 5.81. The number of aliphatic carboxylic acids is 1.